The number of thioether (sulfide) groups is 1. The van der Waals surface area contributed by atoms with Crippen LogP contribution in [0.4, 0.5) is 5.82 Å². The highest BCUT2D eigenvalue weighted by Crippen LogP contribution is 2.33. The van der Waals surface area contributed by atoms with Crippen molar-refractivity contribution < 1.29 is 19.7 Å². The van der Waals surface area contributed by atoms with E-state index < -0.39 is 24.5 Å². The zero-order valence-electron chi connectivity index (χ0n) is 13.8. The van der Waals surface area contributed by atoms with E-state index in [1.165, 1.54) is 6.33 Å². The number of nitrogens with one attached hydrogen (secondary N) is 1. The molecule has 2 saturated heterocycles. The number of hydrogen-bond acceptors (Lipinski definition) is 9. The van der Waals surface area contributed by atoms with Gasteiger partial charge in [0.1, 0.15) is 18.5 Å². The SMILES string of the molecule is CSC[C@H]1O[C@@H](n2cnc3c(N[C@@H]4CCOC4)ncnc32)[C@H](O)[C@@H]1O. The summed E-state index contributed by atoms with van der Waals surface area (Å²) in [5, 5.41) is 23.9. The van der Waals surface area contributed by atoms with Gasteiger partial charge in [-0.3, -0.25) is 4.57 Å². The van der Waals surface area contributed by atoms with Crippen LogP contribution in [-0.4, -0.2) is 79.3 Å². The maximum Gasteiger partial charge on any atom is 0.167 e. The molecule has 2 aliphatic heterocycles. The van der Waals surface area contributed by atoms with Crippen molar-refractivity contribution in [2.75, 3.05) is 30.5 Å². The maximum absolute atomic E-state index is 10.4. The molecule has 0 spiro atoms. The Morgan fingerprint density at radius 3 is 2.96 bits per heavy atom. The van der Waals surface area contributed by atoms with Crippen molar-refractivity contribution in [1.29, 1.82) is 0 Å². The molecule has 4 heterocycles. The third-order valence-corrected chi connectivity index (χ3v) is 5.23. The average Bonchev–Trinajstić information content (AvgIpc) is 3.32. The van der Waals surface area contributed by atoms with Crippen LogP contribution in [0.25, 0.3) is 11.2 Å². The molecule has 2 fully saturated rings. The highest BCUT2D eigenvalue weighted by Gasteiger charge is 2.44. The van der Waals surface area contributed by atoms with Crippen LogP contribution in [0.1, 0.15) is 12.6 Å². The number of nitrogens with zero attached hydrogens (tertiary/aromatic N) is 4. The fourth-order valence-electron chi connectivity index (χ4n) is 3.25. The number of fused-ring (bicyclic) bond motifs is 1. The third-order valence-electron chi connectivity index (χ3n) is 4.57. The highest BCUT2D eigenvalue weighted by atomic mass is 32.2. The average molecular weight is 367 g/mol. The number of aromatic nitrogens is 4. The van der Waals surface area contributed by atoms with E-state index in [0.717, 1.165) is 13.0 Å². The van der Waals surface area contributed by atoms with Gasteiger partial charge in [0.2, 0.25) is 0 Å². The standard InChI is InChI=1S/C15H21N5O4S/c1-25-5-9-11(21)12(22)15(24-9)20-7-18-10-13(16-6-17-14(10)20)19-8-2-3-23-4-8/h6-9,11-12,15,21-22H,2-5H2,1H3,(H,16,17,19)/t8-,9-,11-,12-,15-/m1/s1. The Morgan fingerprint density at radius 2 is 2.20 bits per heavy atom. The van der Waals surface area contributed by atoms with Crippen LogP contribution >= 0.6 is 11.8 Å². The van der Waals surface area contributed by atoms with Gasteiger partial charge in [-0.1, -0.05) is 0 Å². The van der Waals surface area contributed by atoms with Crippen LogP contribution in [0.15, 0.2) is 12.7 Å². The number of anilines is 1. The molecule has 10 heteroatoms. The minimum atomic E-state index is -1.04. The molecular weight excluding hydrogens is 346 g/mol. The predicted octanol–water partition coefficient (Wildman–Crippen LogP) is 0.00930. The first kappa shape index (κ1) is 17.0. The third kappa shape index (κ3) is 3.08. The van der Waals surface area contributed by atoms with Crippen molar-refractivity contribution in [3.63, 3.8) is 0 Å². The lowest BCUT2D eigenvalue weighted by atomic mass is 10.1. The van der Waals surface area contributed by atoms with E-state index in [1.54, 1.807) is 22.7 Å². The zero-order valence-corrected chi connectivity index (χ0v) is 14.6. The van der Waals surface area contributed by atoms with Crippen LogP contribution in [0.2, 0.25) is 0 Å². The van der Waals surface area contributed by atoms with Crippen molar-refractivity contribution in [2.24, 2.45) is 0 Å². The van der Waals surface area contributed by atoms with Crippen molar-refractivity contribution >= 4 is 28.7 Å². The molecule has 2 aliphatic rings. The fourth-order valence-corrected chi connectivity index (χ4v) is 3.85. The number of hydrogen-bond donors (Lipinski definition) is 3. The fraction of sp³-hybridized carbons (Fsp3) is 0.667. The molecule has 0 amide bonds. The summed E-state index contributed by atoms with van der Waals surface area (Å²) in [7, 11) is 0. The molecule has 9 nitrogen and oxygen atoms in total. The first-order valence-electron chi connectivity index (χ1n) is 8.21. The molecule has 136 valence electrons. The molecule has 0 unspecified atom stereocenters. The Balaban J connectivity index is 1.62. The normalized spacial score (nSPS) is 32.5. The lowest BCUT2D eigenvalue weighted by Gasteiger charge is -2.17. The summed E-state index contributed by atoms with van der Waals surface area (Å²) in [4.78, 5) is 13.0. The molecule has 0 aromatic carbocycles. The molecule has 2 aromatic heterocycles. The second kappa shape index (κ2) is 7.04. The zero-order chi connectivity index (χ0) is 17.4. The Hall–Kier alpha value is -1.46. The van der Waals surface area contributed by atoms with Crippen LogP contribution in [0, 0.1) is 0 Å². The molecular formula is C15H21N5O4S. The summed E-state index contributed by atoms with van der Waals surface area (Å²) in [6, 6.07) is 0.198. The van der Waals surface area contributed by atoms with E-state index in [4.69, 9.17) is 9.47 Å². The summed E-state index contributed by atoms with van der Waals surface area (Å²) in [6.45, 7) is 1.37. The second-order valence-electron chi connectivity index (χ2n) is 6.25. The van der Waals surface area contributed by atoms with E-state index >= 15 is 0 Å². The van der Waals surface area contributed by atoms with Gasteiger partial charge in [-0.05, 0) is 12.7 Å². The van der Waals surface area contributed by atoms with Gasteiger partial charge in [-0.25, -0.2) is 15.0 Å². The van der Waals surface area contributed by atoms with Crippen LogP contribution in [-0.2, 0) is 9.47 Å². The lowest BCUT2D eigenvalue weighted by molar-refractivity contribution is -0.0288. The van der Waals surface area contributed by atoms with Gasteiger partial charge in [0.05, 0.1) is 25.1 Å². The van der Waals surface area contributed by atoms with Gasteiger partial charge >= 0.3 is 0 Å². The summed E-state index contributed by atoms with van der Waals surface area (Å²) in [5.41, 5.74) is 1.16. The van der Waals surface area contributed by atoms with Crippen LogP contribution in [0.5, 0.6) is 0 Å². The Labute approximate surface area is 148 Å². The van der Waals surface area contributed by atoms with Gasteiger partial charge in [-0.2, -0.15) is 11.8 Å². The Kier molecular flexibility index (Phi) is 4.78. The quantitative estimate of drug-likeness (QED) is 0.672. The Morgan fingerprint density at radius 1 is 1.32 bits per heavy atom. The van der Waals surface area contributed by atoms with Gasteiger partial charge in [-0.15, -0.1) is 0 Å². The van der Waals surface area contributed by atoms with Crippen molar-refractivity contribution in [2.45, 2.75) is 37.0 Å². The summed E-state index contributed by atoms with van der Waals surface area (Å²) < 4.78 is 12.9. The predicted molar refractivity (Wildman–Crippen MR) is 92.5 cm³/mol. The molecule has 0 saturated carbocycles. The molecule has 0 aliphatic carbocycles. The van der Waals surface area contributed by atoms with Crippen molar-refractivity contribution in [1.82, 2.24) is 19.5 Å². The highest BCUT2D eigenvalue weighted by molar-refractivity contribution is 7.98. The molecule has 4 rings (SSSR count). The smallest absolute Gasteiger partial charge is 0.167 e. The number of imidazole rings is 1. The Bertz CT molecular complexity index is 738. The first-order chi connectivity index (χ1) is 12.2. The second-order valence-corrected chi connectivity index (χ2v) is 7.16. The molecule has 3 N–H and O–H groups in total. The number of rotatable bonds is 5. The minimum absolute atomic E-state index is 0.198. The molecule has 2 aromatic rings. The van der Waals surface area contributed by atoms with E-state index in [-0.39, 0.29) is 6.04 Å². The summed E-state index contributed by atoms with van der Waals surface area (Å²) in [5.74, 6) is 1.23. The monoisotopic (exact) mass is 367 g/mol. The van der Waals surface area contributed by atoms with E-state index in [2.05, 4.69) is 20.3 Å². The number of aliphatic hydroxyl groups is 2. The topological polar surface area (TPSA) is 115 Å². The molecule has 0 bridgehead atoms. The summed E-state index contributed by atoms with van der Waals surface area (Å²) in [6.07, 6.45) is 2.74. The van der Waals surface area contributed by atoms with E-state index in [9.17, 15) is 10.2 Å². The van der Waals surface area contributed by atoms with E-state index in [0.29, 0.717) is 29.3 Å². The molecule has 5 atom stereocenters. The van der Waals surface area contributed by atoms with Gasteiger partial charge in [0, 0.05) is 12.4 Å². The molecule has 25 heavy (non-hydrogen) atoms. The number of aliphatic hydroxyl groups excluding tert-OH is 2. The lowest BCUT2D eigenvalue weighted by Crippen LogP contribution is -2.32. The van der Waals surface area contributed by atoms with Crippen LogP contribution in [0.3, 0.4) is 0 Å². The van der Waals surface area contributed by atoms with Crippen molar-refractivity contribution in [3.8, 4) is 0 Å². The van der Waals surface area contributed by atoms with Gasteiger partial charge < -0.3 is 25.0 Å². The number of ether oxygens (including phenoxy) is 2. The largest absolute Gasteiger partial charge is 0.387 e. The van der Waals surface area contributed by atoms with Gasteiger partial charge in [0.15, 0.2) is 23.2 Å². The van der Waals surface area contributed by atoms with Gasteiger partial charge in [0.25, 0.3) is 0 Å². The summed E-state index contributed by atoms with van der Waals surface area (Å²) >= 11 is 1.56. The van der Waals surface area contributed by atoms with Crippen molar-refractivity contribution in [3.05, 3.63) is 12.7 Å². The molecule has 0 radical (unpaired) electrons. The maximum atomic E-state index is 10.4. The minimum Gasteiger partial charge on any atom is -0.387 e. The van der Waals surface area contributed by atoms with E-state index in [1.807, 2.05) is 6.26 Å². The first-order valence-corrected chi connectivity index (χ1v) is 9.60. The van der Waals surface area contributed by atoms with Crippen LogP contribution < -0.4 is 5.32 Å².